The Bertz CT molecular complexity index is 1290. The van der Waals surface area contributed by atoms with Gasteiger partial charge >= 0.3 is 5.97 Å². The topological polar surface area (TPSA) is 80.8 Å². The van der Waals surface area contributed by atoms with Crippen molar-refractivity contribution >= 4 is 64.1 Å². The van der Waals surface area contributed by atoms with Crippen LogP contribution in [0.4, 0.5) is 5.69 Å². The highest BCUT2D eigenvalue weighted by atomic mass is 35.5. The van der Waals surface area contributed by atoms with Gasteiger partial charge in [-0.05, 0) is 54.6 Å². The van der Waals surface area contributed by atoms with E-state index in [1.807, 2.05) is 0 Å². The summed E-state index contributed by atoms with van der Waals surface area (Å²) in [6.45, 7) is -0.491. The maximum absolute atomic E-state index is 12.9. The van der Waals surface area contributed by atoms with Gasteiger partial charge < -0.3 is 4.74 Å². The Labute approximate surface area is 197 Å². The molecule has 32 heavy (non-hydrogen) atoms. The molecule has 0 fully saturated rings. The smallest absolute Gasteiger partial charge is 0.338 e. The molecule has 6 nitrogen and oxygen atoms in total. The summed E-state index contributed by atoms with van der Waals surface area (Å²) in [5, 5.41) is 0.725. The second-order valence-electron chi connectivity index (χ2n) is 6.79. The number of carbonyl (C=O) groups is 4. The molecule has 0 saturated heterocycles. The van der Waals surface area contributed by atoms with Gasteiger partial charge in [0.05, 0.1) is 32.4 Å². The monoisotopic (exact) mass is 487 g/mol. The first-order valence-electron chi connectivity index (χ1n) is 9.20. The minimum Gasteiger partial charge on any atom is -0.454 e. The van der Waals surface area contributed by atoms with Gasteiger partial charge in [0, 0.05) is 10.6 Å². The van der Waals surface area contributed by atoms with Gasteiger partial charge in [0.15, 0.2) is 12.4 Å². The molecule has 0 N–H and O–H groups in total. The summed E-state index contributed by atoms with van der Waals surface area (Å²) < 4.78 is 5.07. The zero-order valence-corrected chi connectivity index (χ0v) is 18.4. The zero-order valence-electron chi connectivity index (χ0n) is 16.1. The molecule has 2 amide bonds. The number of imide groups is 1. The average Bonchev–Trinajstić information content (AvgIpc) is 3.04. The number of esters is 1. The van der Waals surface area contributed by atoms with Crippen LogP contribution in [0.2, 0.25) is 15.1 Å². The van der Waals surface area contributed by atoms with Gasteiger partial charge in [-0.3, -0.25) is 14.4 Å². The van der Waals surface area contributed by atoms with E-state index in [-0.39, 0.29) is 32.4 Å². The van der Waals surface area contributed by atoms with Crippen LogP contribution in [0, 0.1) is 0 Å². The molecule has 0 bridgehead atoms. The minimum absolute atomic E-state index is 0.0181. The molecular formula is C23H12Cl3NO5. The number of hydrogen-bond donors (Lipinski definition) is 0. The molecule has 160 valence electrons. The van der Waals surface area contributed by atoms with Crippen LogP contribution in [0.25, 0.3) is 0 Å². The minimum atomic E-state index is -0.811. The van der Waals surface area contributed by atoms with Crippen molar-refractivity contribution in [3.05, 3.63) is 98.0 Å². The van der Waals surface area contributed by atoms with E-state index >= 15 is 0 Å². The molecule has 0 radical (unpaired) electrons. The standard InChI is InChI=1S/C23H12Cl3NO5/c24-14-7-4-12(5-8-14)19(28)11-32-23(31)13-6-9-15-16(10-13)22(30)27(21(15)29)18-3-1-2-17(25)20(18)26/h1-10H,11H2. The van der Waals surface area contributed by atoms with E-state index in [9.17, 15) is 19.2 Å². The fraction of sp³-hybridized carbons (Fsp3) is 0.0435. The molecule has 9 heteroatoms. The van der Waals surface area contributed by atoms with E-state index in [1.165, 1.54) is 42.5 Å². The van der Waals surface area contributed by atoms with Gasteiger partial charge in [0.1, 0.15) is 0 Å². The second kappa shape index (κ2) is 8.74. The van der Waals surface area contributed by atoms with E-state index < -0.39 is 30.2 Å². The highest BCUT2D eigenvalue weighted by Gasteiger charge is 2.38. The van der Waals surface area contributed by atoms with Crippen LogP contribution in [-0.2, 0) is 4.74 Å². The number of ketones is 1. The van der Waals surface area contributed by atoms with Crippen molar-refractivity contribution in [2.75, 3.05) is 11.5 Å². The van der Waals surface area contributed by atoms with Crippen molar-refractivity contribution < 1.29 is 23.9 Å². The highest BCUT2D eigenvalue weighted by Crippen LogP contribution is 2.37. The number of Topliss-reactive ketones (excluding diaryl/α,β-unsaturated/α-hetero) is 1. The number of halogens is 3. The number of anilines is 1. The van der Waals surface area contributed by atoms with Crippen molar-refractivity contribution in [3.8, 4) is 0 Å². The second-order valence-corrected chi connectivity index (χ2v) is 8.01. The third-order valence-corrected chi connectivity index (χ3v) is 5.86. The number of rotatable bonds is 5. The van der Waals surface area contributed by atoms with Crippen LogP contribution < -0.4 is 4.90 Å². The molecule has 0 atom stereocenters. The van der Waals surface area contributed by atoms with Crippen LogP contribution in [0.1, 0.15) is 41.4 Å². The van der Waals surface area contributed by atoms with Gasteiger partial charge in [-0.1, -0.05) is 40.9 Å². The van der Waals surface area contributed by atoms with E-state index in [4.69, 9.17) is 39.5 Å². The Morgan fingerprint density at radius 2 is 1.47 bits per heavy atom. The van der Waals surface area contributed by atoms with E-state index in [2.05, 4.69) is 0 Å². The summed E-state index contributed by atoms with van der Waals surface area (Å²) in [5.74, 6) is -2.47. The van der Waals surface area contributed by atoms with Gasteiger partial charge in [-0.2, -0.15) is 0 Å². The Morgan fingerprint density at radius 3 is 2.19 bits per heavy atom. The average molecular weight is 489 g/mol. The summed E-state index contributed by atoms with van der Waals surface area (Å²) in [5.41, 5.74) is 0.631. The number of carbonyl (C=O) groups excluding carboxylic acids is 4. The zero-order chi connectivity index (χ0) is 23.0. The van der Waals surface area contributed by atoms with Crippen LogP contribution >= 0.6 is 34.8 Å². The number of fused-ring (bicyclic) bond motifs is 1. The summed E-state index contributed by atoms with van der Waals surface area (Å²) in [4.78, 5) is 51.2. The van der Waals surface area contributed by atoms with Crippen molar-refractivity contribution in [3.63, 3.8) is 0 Å². The third kappa shape index (κ3) is 4.00. The molecule has 0 aromatic heterocycles. The molecule has 4 rings (SSSR count). The molecule has 0 saturated carbocycles. The molecular weight excluding hydrogens is 477 g/mol. The lowest BCUT2D eigenvalue weighted by molar-refractivity contribution is 0.0474. The van der Waals surface area contributed by atoms with E-state index in [1.54, 1.807) is 18.2 Å². The molecule has 1 aliphatic heterocycles. The maximum atomic E-state index is 12.9. The summed E-state index contributed by atoms with van der Waals surface area (Å²) >= 11 is 18.0. The maximum Gasteiger partial charge on any atom is 0.338 e. The first-order valence-corrected chi connectivity index (χ1v) is 10.3. The fourth-order valence-electron chi connectivity index (χ4n) is 3.19. The molecule has 3 aromatic rings. The Balaban J connectivity index is 1.53. The van der Waals surface area contributed by atoms with E-state index in [0.29, 0.717) is 10.6 Å². The Morgan fingerprint density at radius 1 is 0.812 bits per heavy atom. The van der Waals surface area contributed by atoms with Crippen molar-refractivity contribution in [1.82, 2.24) is 0 Å². The molecule has 0 aliphatic carbocycles. The predicted octanol–water partition coefficient (Wildman–Crippen LogP) is 5.49. The summed E-state index contributed by atoms with van der Waals surface area (Å²) in [6, 6.07) is 14.7. The number of hydrogen-bond acceptors (Lipinski definition) is 5. The van der Waals surface area contributed by atoms with Gasteiger partial charge in [0.2, 0.25) is 0 Å². The normalized spacial score (nSPS) is 12.7. The third-order valence-electron chi connectivity index (χ3n) is 4.79. The van der Waals surface area contributed by atoms with Crippen molar-refractivity contribution in [2.24, 2.45) is 0 Å². The number of benzene rings is 3. The molecule has 1 heterocycles. The molecule has 3 aromatic carbocycles. The van der Waals surface area contributed by atoms with E-state index in [0.717, 1.165) is 4.90 Å². The number of nitrogens with zero attached hydrogens (tertiary/aromatic N) is 1. The predicted molar refractivity (Wildman–Crippen MR) is 120 cm³/mol. The van der Waals surface area contributed by atoms with Gasteiger partial charge in [0.25, 0.3) is 11.8 Å². The lowest BCUT2D eigenvalue weighted by atomic mass is 10.1. The van der Waals surface area contributed by atoms with Crippen LogP contribution in [0.3, 0.4) is 0 Å². The summed E-state index contributed by atoms with van der Waals surface area (Å²) in [6.07, 6.45) is 0. The SMILES string of the molecule is O=C(COC(=O)c1ccc2c(c1)C(=O)N(c1cccc(Cl)c1Cl)C2=O)c1ccc(Cl)cc1. The van der Waals surface area contributed by atoms with Crippen LogP contribution in [0.5, 0.6) is 0 Å². The van der Waals surface area contributed by atoms with Gasteiger partial charge in [-0.15, -0.1) is 0 Å². The lowest BCUT2D eigenvalue weighted by Gasteiger charge is -2.15. The first-order chi connectivity index (χ1) is 15.3. The van der Waals surface area contributed by atoms with Gasteiger partial charge in [-0.25, -0.2) is 9.69 Å². The molecule has 0 unspecified atom stereocenters. The first kappa shape index (κ1) is 22.0. The summed E-state index contributed by atoms with van der Waals surface area (Å²) in [7, 11) is 0. The fourth-order valence-corrected chi connectivity index (χ4v) is 3.69. The number of amides is 2. The number of ether oxygens (including phenoxy) is 1. The lowest BCUT2D eigenvalue weighted by Crippen LogP contribution is -2.29. The Hall–Kier alpha value is -3.19. The largest absolute Gasteiger partial charge is 0.454 e. The van der Waals surface area contributed by atoms with Crippen LogP contribution in [-0.4, -0.2) is 30.2 Å². The van der Waals surface area contributed by atoms with Crippen molar-refractivity contribution in [1.29, 1.82) is 0 Å². The Kier molecular flexibility index (Phi) is 6.02. The molecule has 1 aliphatic rings. The quantitative estimate of drug-likeness (QED) is 0.270. The van der Waals surface area contributed by atoms with Crippen molar-refractivity contribution in [2.45, 2.75) is 0 Å². The molecule has 0 spiro atoms. The highest BCUT2D eigenvalue weighted by molar-refractivity contribution is 6.46. The van der Waals surface area contributed by atoms with Crippen LogP contribution in [0.15, 0.2) is 60.7 Å².